The largest absolute Gasteiger partial charge is 0.468 e. The first kappa shape index (κ1) is 14.5. The standard InChI is InChI=1S/C13H25NO3/c1-5-14-13(11-6-7-11,12(15)16-4)9-17-8-10(2)3/h10-11,14H,5-9H2,1-4H3. The molecule has 1 fully saturated rings. The average molecular weight is 243 g/mol. The van der Waals surface area contributed by atoms with Gasteiger partial charge in [0.15, 0.2) is 0 Å². The predicted molar refractivity (Wildman–Crippen MR) is 66.8 cm³/mol. The lowest BCUT2D eigenvalue weighted by Gasteiger charge is -2.32. The highest BCUT2D eigenvalue weighted by Gasteiger charge is 2.51. The van der Waals surface area contributed by atoms with Crippen LogP contribution in [0.15, 0.2) is 0 Å². The molecule has 0 heterocycles. The van der Waals surface area contributed by atoms with E-state index in [4.69, 9.17) is 9.47 Å². The van der Waals surface area contributed by atoms with Gasteiger partial charge in [0, 0.05) is 6.61 Å². The second kappa shape index (κ2) is 6.36. The van der Waals surface area contributed by atoms with Crippen molar-refractivity contribution in [3.05, 3.63) is 0 Å². The summed E-state index contributed by atoms with van der Waals surface area (Å²) in [4.78, 5) is 12.0. The summed E-state index contributed by atoms with van der Waals surface area (Å²) in [6, 6.07) is 0. The minimum atomic E-state index is -0.627. The van der Waals surface area contributed by atoms with Crippen molar-refractivity contribution < 1.29 is 14.3 Å². The molecule has 0 spiro atoms. The summed E-state index contributed by atoms with van der Waals surface area (Å²) in [7, 11) is 1.44. The quantitative estimate of drug-likeness (QED) is 0.658. The third-order valence-electron chi connectivity index (χ3n) is 3.10. The van der Waals surface area contributed by atoms with Gasteiger partial charge in [0.05, 0.1) is 13.7 Å². The Kier molecular flexibility index (Phi) is 5.40. The van der Waals surface area contributed by atoms with Gasteiger partial charge in [0.25, 0.3) is 0 Å². The molecule has 0 saturated heterocycles. The maximum Gasteiger partial charge on any atom is 0.328 e. The number of carbonyl (C=O) groups excluding carboxylic acids is 1. The molecule has 1 unspecified atom stereocenters. The van der Waals surface area contributed by atoms with Crippen molar-refractivity contribution in [2.45, 2.75) is 39.2 Å². The lowest BCUT2D eigenvalue weighted by Crippen LogP contribution is -2.58. The van der Waals surface area contributed by atoms with Crippen molar-refractivity contribution in [3.63, 3.8) is 0 Å². The van der Waals surface area contributed by atoms with Crippen LogP contribution in [-0.4, -0.2) is 38.4 Å². The Morgan fingerprint density at radius 1 is 1.47 bits per heavy atom. The van der Waals surface area contributed by atoms with E-state index in [1.54, 1.807) is 0 Å². The van der Waals surface area contributed by atoms with Gasteiger partial charge >= 0.3 is 5.97 Å². The molecule has 1 saturated carbocycles. The molecule has 1 atom stereocenters. The number of likely N-dealkylation sites (N-methyl/N-ethyl adjacent to an activating group) is 1. The fourth-order valence-electron chi connectivity index (χ4n) is 2.14. The molecule has 0 radical (unpaired) electrons. The van der Waals surface area contributed by atoms with Crippen molar-refractivity contribution in [1.29, 1.82) is 0 Å². The van der Waals surface area contributed by atoms with E-state index >= 15 is 0 Å². The molecule has 1 aliphatic carbocycles. The summed E-state index contributed by atoms with van der Waals surface area (Å²) in [5.74, 6) is 0.652. The zero-order valence-electron chi connectivity index (χ0n) is 11.4. The fraction of sp³-hybridized carbons (Fsp3) is 0.923. The summed E-state index contributed by atoms with van der Waals surface area (Å²) < 4.78 is 10.6. The monoisotopic (exact) mass is 243 g/mol. The lowest BCUT2D eigenvalue weighted by molar-refractivity contribution is -0.153. The first-order valence-corrected chi connectivity index (χ1v) is 6.48. The Labute approximate surface area is 104 Å². The highest BCUT2D eigenvalue weighted by molar-refractivity contribution is 5.82. The molecule has 1 aliphatic rings. The van der Waals surface area contributed by atoms with Gasteiger partial charge in [-0.2, -0.15) is 0 Å². The van der Waals surface area contributed by atoms with E-state index in [1.807, 2.05) is 6.92 Å². The first-order chi connectivity index (χ1) is 8.06. The normalized spacial score (nSPS) is 19.1. The van der Waals surface area contributed by atoms with Gasteiger partial charge in [-0.1, -0.05) is 20.8 Å². The Hall–Kier alpha value is -0.610. The van der Waals surface area contributed by atoms with Gasteiger partial charge < -0.3 is 9.47 Å². The summed E-state index contributed by atoms with van der Waals surface area (Å²) in [5.41, 5.74) is -0.627. The molecule has 100 valence electrons. The molecule has 0 amide bonds. The molecule has 0 aliphatic heterocycles. The molecule has 17 heavy (non-hydrogen) atoms. The van der Waals surface area contributed by atoms with Gasteiger partial charge in [-0.15, -0.1) is 0 Å². The molecule has 0 bridgehead atoms. The van der Waals surface area contributed by atoms with E-state index in [9.17, 15) is 4.79 Å². The number of hydrogen-bond donors (Lipinski definition) is 1. The van der Waals surface area contributed by atoms with Crippen molar-refractivity contribution in [3.8, 4) is 0 Å². The van der Waals surface area contributed by atoms with Gasteiger partial charge in [-0.05, 0) is 31.2 Å². The van der Waals surface area contributed by atoms with Crippen molar-refractivity contribution >= 4 is 5.97 Å². The van der Waals surface area contributed by atoms with E-state index in [-0.39, 0.29) is 5.97 Å². The number of methoxy groups -OCH3 is 1. The topological polar surface area (TPSA) is 47.6 Å². The zero-order chi connectivity index (χ0) is 12.9. The summed E-state index contributed by atoms with van der Waals surface area (Å²) in [6.45, 7) is 8.04. The number of ether oxygens (including phenoxy) is 2. The summed E-state index contributed by atoms with van der Waals surface area (Å²) >= 11 is 0. The number of carbonyl (C=O) groups is 1. The highest BCUT2D eigenvalue weighted by atomic mass is 16.5. The lowest BCUT2D eigenvalue weighted by atomic mass is 9.94. The molecule has 0 aromatic heterocycles. The van der Waals surface area contributed by atoms with Crippen LogP contribution in [0.1, 0.15) is 33.6 Å². The molecule has 0 aromatic carbocycles. The van der Waals surface area contributed by atoms with Crippen molar-refractivity contribution in [2.24, 2.45) is 11.8 Å². The van der Waals surface area contributed by atoms with Crippen LogP contribution in [0, 0.1) is 11.8 Å². The summed E-state index contributed by atoms with van der Waals surface area (Å²) in [6.07, 6.45) is 2.15. The van der Waals surface area contributed by atoms with Crippen LogP contribution in [0.4, 0.5) is 0 Å². The minimum absolute atomic E-state index is 0.189. The molecule has 4 heteroatoms. The Morgan fingerprint density at radius 3 is 2.53 bits per heavy atom. The van der Waals surface area contributed by atoms with Crippen molar-refractivity contribution in [2.75, 3.05) is 26.9 Å². The van der Waals surface area contributed by atoms with Crippen molar-refractivity contribution in [1.82, 2.24) is 5.32 Å². The third kappa shape index (κ3) is 3.68. The second-order valence-electron chi connectivity index (χ2n) is 5.18. The third-order valence-corrected chi connectivity index (χ3v) is 3.10. The molecule has 4 nitrogen and oxygen atoms in total. The van der Waals surface area contributed by atoms with E-state index in [0.717, 1.165) is 19.4 Å². The second-order valence-corrected chi connectivity index (χ2v) is 5.18. The van der Waals surface area contributed by atoms with Gasteiger partial charge in [0.2, 0.25) is 0 Å². The Balaban J connectivity index is 2.65. The van der Waals surface area contributed by atoms with E-state index in [2.05, 4.69) is 19.2 Å². The predicted octanol–water partition coefficient (Wildman–Crippen LogP) is 1.59. The molecular weight excluding hydrogens is 218 g/mol. The average Bonchev–Trinajstić information content (AvgIpc) is 3.10. The number of hydrogen-bond acceptors (Lipinski definition) is 4. The molecule has 1 rings (SSSR count). The first-order valence-electron chi connectivity index (χ1n) is 6.48. The number of rotatable bonds is 8. The van der Waals surface area contributed by atoms with Crippen LogP contribution in [0.2, 0.25) is 0 Å². The maximum atomic E-state index is 12.0. The zero-order valence-corrected chi connectivity index (χ0v) is 11.4. The van der Waals surface area contributed by atoms with Gasteiger partial charge in [0.1, 0.15) is 5.54 Å². The number of esters is 1. The maximum absolute atomic E-state index is 12.0. The van der Waals surface area contributed by atoms with Gasteiger partial charge in [-0.25, -0.2) is 4.79 Å². The SMILES string of the molecule is CCNC(COCC(C)C)(C(=O)OC)C1CC1. The molecule has 0 aromatic rings. The van der Waals surface area contributed by atoms with Crippen LogP contribution in [0.3, 0.4) is 0 Å². The Bertz CT molecular complexity index is 251. The van der Waals surface area contributed by atoms with Crippen LogP contribution in [0.5, 0.6) is 0 Å². The molecular formula is C13H25NO3. The van der Waals surface area contributed by atoms with Crippen LogP contribution >= 0.6 is 0 Å². The fourth-order valence-corrected chi connectivity index (χ4v) is 2.14. The van der Waals surface area contributed by atoms with E-state index in [1.165, 1.54) is 7.11 Å². The minimum Gasteiger partial charge on any atom is -0.468 e. The summed E-state index contributed by atoms with van der Waals surface area (Å²) in [5, 5.41) is 3.28. The van der Waals surface area contributed by atoms with Crippen LogP contribution in [-0.2, 0) is 14.3 Å². The van der Waals surface area contributed by atoms with E-state index in [0.29, 0.717) is 25.0 Å². The van der Waals surface area contributed by atoms with Gasteiger partial charge in [-0.3, -0.25) is 5.32 Å². The number of nitrogens with one attached hydrogen (secondary N) is 1. The van der Waals surface area contributed by atoms with E-state index < -0.39 is 5.54 Å². The van der Waals surface area contributed by atoms with Crippen LogP contribution in [0.25, 0.3) is 0 Å². The Morgan fingerprint density at radius 2 is 2.12 bits per heavy atom. The van der Waals surface area contributed by atoms with Crippen LogP contribution < -0.4 is 5.32 Å². The molecule has 1 N–H and O–H groups in total. The smallest absolute Gasteiger partial charge is 0.328 e. The highest BCUT2D eigenvalue weighted by Crippen LogP contribution is 2.40.